The number of hydrogen-bond donors (Lipinski definition) is 2. The second-order valence-electron chi connectivity index (χ2n) is 4.45. The Morgan fingerprint density at radius 1 is 1.47 bits per heavy atom. The van der Waals surface area contributed by atoms with Gasteiger partial charge in [-0.2, -0.15) is 22.6 Å². The van der Waals surface area contributed by atoms with Crippen molar-refractivity contribution in [3.8, 4) is 0 Å². The molecule has 1 heterocycles. The number of nitrogens with one attached hydrogen (secondary N) is 1. The third-order valence-electron chi connectivity index (χ3n) is 2.17. The lowest BCUT2D eigenvalue weighted by atomic mass is 10.2. The monoisotopic (exact) mass is 300 g/mol. The van der Waals surface area contributed by atoms with E-state index in [0.29, 0.717) is 4.31 Å². The molecule has 0 saturated heterocycles. The lowest BCUT2D eigenvalue weighted by Crippen LogP contribution is -2.41. The molecule has 0 unspecified atom stereocenters. The van der Waals surface area contributed by atoms with Gasteiger partial charge in [-0.25, -0.2) is 8.42 Å². The lowest BCUT2D eigenvalue weighted by molar-refractivity contribution is -0.136. The average Bonchev–Trinajstić information content (AvgIpc) is 2.61. The zero-order valence-corrected chi connectivity index (χ0v) is 11.2. The number of nitrogens with zero attached hydrogens (tertiary/aromatic N) is 2. The fraction of sp³-hybridized carbons (Fsp3) is 0.667. The van der Waals surface area contributed by atoms with Crippen LogP contribution >= 0.6 is 0 Å². The summed E-state index contributed by atoms with van der Waals surface area (Å²) in [5.74, 6) is -0.541. The van der Waals surface area contributed by atoms with Crippen LogP contribution in [0.2, 0.25) is 0 Å². The first-order valence-electron chi connectivity index (χ1n) is 5.40. The molecule has 110 valence electrons. The van der Waals surface area contributed by atoms with E-state index >= 15 is 0 Å². The van der Waals surface area contributed by atoms with Crippen LogP contribution in [0.1, 0.15) is 13.8 Å². The molecule has 0 fully saturated rings. The molecule has 0 spiro atoms. The average molecular weight is 300 g/mol. The van der Waals surface area contributed by atoms with Gasteiger partial charge in [0.05, 0.1) is 6.20 Å². The molecule has 0 radical (unpaired) electrons. The molecule has 0 atom stereocenters. The molecule has 1 rings (SSSR count). The van der Waals surface area contributed by atoms with E-state index in [1.807, 2.05) is 0 Å². The summed E-state index contributed by atoms with van der Waals surface area (Å²) in [6.07, 6.45) is -3.73. The van der Waals surface area contributed by atoms with Gasteiger partial charge in [0, 0.05) is 6.54 Å². The first-order chi connectivity index (χ1) is 8.54. The number of hydrogen-bond acceptors (Lipinski definition) is 4. The van der Waals surface area contributed by atoms with Crippen molar-refractivity contribution in [2.75, 3.05) is 18.8 Å². The number of anilines is 1. The normalized spacial score (nSPS) is 13.4. The molecule has 0 aliphatic rings. The third kappa shape index (κ3) is 4.10. The smallest absolute Gasteiger partial charge is 0.383 e. The van der Waals surface area contributed by atoms with Gasteiger partial charge in [0.2, 0.25) is 10.0 Å². The van der Waals surface area contributed by atoms with Crippen LogP contribution in [0.5, 0.6) is 0 Å². The highest BCUT2D eigenvalue weighted by molar-refractivity contribution is 7.89. The highest BCUT2D eigenvalue weighted by atomic mass is 32.2. The van der Waals surface area contributed by atoms with Gasteiger partial charge < -0.3 is 5.73 Å². The van der Waals surface area contributed by atoms with E-state index in [1.54, 1.807) is 13.8 Å². The number of aromatic nitrogens is 2. The van der Waals surface area contributed by atoms with Crippen molar-refractivity contribution < 1.29 is 21.6 Å². The van der Waals surface area contributed by atoms with E-state index < -0.39 is 27.6 Å². The summed E-state index contributed by atoms with van der Waals surface area (Å²) >= 11 is 0. The Morgan fingerprint density at radius 3 is 2.42 bits per heavy atom. The fourth-order valence-corrected chi connectivity index (χ4v) is 3.08. The topological polar surface area (TPSA) is 92.1 Å². The van der Waals surface area contributed by atoms with Crippen LogP contribution < -0.4 is 5.73 Å². The van der Waals surface area contributed by atoms with Gasteiger partial charge in [-0.1, -0.05) is 13.8 Å². The molecule has 0 aromatic carbocycles. The second kappa shape index (κ2) is 5.37. The summed E-state index contributed by atoms with van der Waals surface area (Å²) in [4.78, 5) is -0.447. The Kier molecular flexibility index (Phi) is 4.46. The number of halogens is 3. The standard InChI is InChI=1S/C9H15F3N4O2S/c1-6(2)4-16(5-9(10,11)12)19(17,18)7-3-14-15-8(7)13/h3,6H,4-5H2,1-2H3,(H3,13,14,15). The Labute approximate surface area is 108 Å². The maximum Gasteiger partial charge on any atom is 0.402 e. The molecule has 10 heteroatoms. The first kappa shape index (κ1) is 15.8. The zero-order chi connectivity index (χ0) is 14.8. The van der Waals surface area contributed by atoms with Crippen molar-refractivity contribution in [1.29, 1.82) is 0 Å². The maximum atomic E-state index is 12.5. The second-order valence-corrected chi connectivity index (χ2v) is 6.36. The Bertz CT molecular complexity index is 524. The summed E-state index contributed by atoms with van der Waals surface area (Å²) in [6.45, 7) is 1.43. The Hall–Kier alpha value is -1.29. The lowest BCUT2D eigenvalue weighted by Gasteiger charge is -2.24. The molecule has 1 aromatic rings. The number of alkyl halides is 3. The van der Waals surface area contributed by atoms with Gasteiger partial charge in [0.15, 0.2) is 0 Å². The maximum absolute atomic E-state index is 12.5. The highest BCUT2D eigenvalue weighted by Crippen LogP contribution is 2.25. The predicted octanol–water partition coefficient (Wildman–Crippen LogP) is 1.20. The highest BCUT2D eigenvalue weighted by Gasteiger charge is 2.38. The third-order valence-corrected chi connectivity index (χ3v) is 4.01. The van der Waals surface area contributed by atoms with Gasteiger partial charge in [-0.3, -0.25) is 5.10 Å². The Morgan fingerprint density at radius 2 is 2.05 bits per heavy atom. The van der Waals surface area contributed by atoms with Crippen LogP contribution in [-0.2, 0) is 10.0 Å². The van der Waals surface area contributed by atoms with Crippen LogP contribution in [-0.4, -0.2) is 42.2 Å². The van der Waals surface area contributed by atoms with Gasteiger partial charge in [-0.05, 0) is 5.92 Å². The van der Waals surface area contributed by atoms with Crippen LogP contribution in [0.4, 0.5) is 19.0 Å². The van der Waals surface area contributed by atoms with Gasteiger partial charge in [-0.15, -0.1) is 0 Å². The van der Waals surface area contributed by atoms with Crippen LogP contribution in [0.3, 0.4) is 0 Å². The summed E-state index contributed by atoms with van der Waals surface area (Å²) in [5, 5.41) is 5.60. The molecule has 19 heavy (non-hydrogen) atoms. The van der Waals surface area contributed by atoms with E-state index in [9.17, 15) is 21.6 Å². The molecule has 0 aliphatic heterocycles. The van der Waals surface area contributed by atoms with Crippen LogP contribution in [0, 0.1) is 5.92 Å². The number of sulfonamides is 1. The molecular weight excluding hydrogens is 285 g/mol. The van der Waals surface area contributed by atoms with Crippen LogP contribution in [0.15, 0.2) is 11.1 Å². The number of nitrogens with two attached hydrogens (primary N) is 1. The van der Waals surface area contributed by atoms with E-state index in [4.69, 9.17) is 5.73 Å². The SMILES string of the molecule is CC(C)CN(CC(F)(F)F)S(=O)(=O)c1cn[nH]c1N. The first-order valence-corrected chi connectivity index (χ1v) is 6.84. The predicted molar refractivity (Wildman–Crippen MR) is 62.7 cm³/mol. The van der Waals surface area contributed by atoms with Crippen molar-refractivity contribution in [3.05, 3.63) is 6.20 Å². The minimum absolute atomic E-state index is 0.257. The molecule has 6 nitrogen and oxygen atoms in total. The Balaban J connectivity index is 3.13. The van der Waals surface area contributed by atoms with Gasteiger partial charge in [0.25, 0.3) is 0 Å². The van der Waals surface area contributed by atoms with Crippen molar-refractivity contribution in [2.45, 2.75) is 24.9 Å². The van der Waals surface area contributed by atoms with E-state index in [2.05, 4.69) is 10.2 Å². The minimum atomic E-state index is -4.62. The number of nitrogen functional groups attached to an aromatic ring is 1. The minimum Gasteiger partial charge on any atom is -0.383 e. The number of rotatable bonds is 5. The number of H-pyrrole nitrogens is 1. The molecular formula is C9H15F3N4O2S. The van der Waals surface area contributed by atoms with Crippen molar-refractivity contribution in [3.63, 3.8) is 0 Å². The molecule has 3 N–H and O–H groups in total. The van der Waals surface area contributed by atoms with Gasteiger partial charge in [0.1, 0.15) is 17.3 Å². The summed E-state index contributed by atoms with van der Waals surface area (Å²) in [5.41, 5.74) is 5.35. The van der Waals surface area contributed by atoms with E-state index in [-0.39, 0.29) is 18.3 Å². The van der Waals surface area contributed by atoms with Crippen molar-refractivity contribution >= 4 is 15.8 Å². The number of aromatic amines is 1. The van der Waals surface area contributed by atoms with Crippen LogP contribution in [0.25, 0.3) is 0 Å². The molecule has 0 amide bonds. The molecule has 1 aromatic heterocycles. The summed E-state index contributed by atoms with van der Waals surface area (Å²) < 4.78 is 62.0. The fourth-order valence-electron chi connectivity index (χ4n) is 1.48. The zero-order valence-electron chi connectivity index (χ0n) is 10.4. The van der Waals surface area contributed by atoms with Gasteiger partial charge >= 0.3 is 6.18 Å². The van der Waals surface area contributed by atoms with E-state index in [1.165, 1.54) is 0 Å². The molecule has 0 bridgehead atoms. The molecule has 0 saturated carbocycles. The quantitative estimate of drug-likeness (QED) is 0.854. The van der Waals surface area contributed by atoms with Crippen molar-refractivity contribution in [2.24, 2.45) is 5.92 Å². The largest absolute Gasteiger partial charge is 0.402 e. The van der Waals surface area contributed by atoms with Crippen molar-refractivity contribution in [1.82, 2.24) is 14.5 Å². The van der Waals surface area contributed by atoms with E-state index in [0.717, 1.165) is 6.20 Å². The summed E-state index contributed by atoms with van der Waals surface area (Å²) in [6, 6.07) is 0. The molecule has 0 aliphatic carbocycles. The summed E-state index contributed by atoms with van der Waals surface area (Å²) in [7, 11) is -4.32.